The Bertz CT molecular complexity index is 481. The van der Waals surface area contributed by atoms with Crippen LogP contribution in [-0.4, -0.2) is 28.8 Å². The zero-order valence-corrected chi connectivity index (χ0v) is 10.3. The molecule has 1 aliphatic rings. The van der Waals surface area contributed by atoms with E-state index in [1.54, 1.807) is 6.07 Å². The van der Waals surface area contributed by atoms with Gasteiger partial charge in [-0.3, -0.25) is 9.59 Å². The van der Waals surface area contributed by atoms with Crippen LogP contribution in [0.4, 0.5) is 0 Å². The number of rotatable bonds is 5. The molecule has 2 N–H and O–H groups in total. The monoisotopic (exact) mass is 248 g/mol. The number of ketones is 1. The lowest BCUT2D eigenvalue weighted by atomic mass is 10.0. The van der Waals surface area contributed by atoms with Gasteiger partial charge in [0, 0.05) is 19.0 Å². The van der Waals surface area contributed by atoms with Crippen LogP contribution in [0, 0.1) is 5.92 Å². The quantitative estimate of drug-likeness (QED) is 0.759. The van der Waals surface area contributed by atoms with Crippen molar-refractivity contribution in [3.05, 3.63) is 29.1 Å². The molecule has 5 heteroatoms. The minimum atomic E-state index is -0.356. The van der Waals surface area contributed by atoms with Crippen LogP contribution in [-0.2, 0) is 6.61 Å². The number of aliphatic hydroxyl groups is 1. The molecule has 1 aromatic rings. The smallest absolute Gasteiger partial charge is 0.269 e. The van der Waals surface area contributed by atoms with Crippen LogP contribution in [0.5, 0.6) is 0 Å². The van der Waals surface area contributed by atoms with Gasteiger partial charge >= 0.3 is 0 Å². The van der Waals surface area contributed by atoms with Crippen molar-refractivity contribution in [2.45, 2.75) is 25.9 Å². The second kappa shape index (κ2) is 5.27. The van der Waals surface area contributed by atoms with Crippen molar-refractivity contribution >= 4 is 11.7 Å². The Kier molecular flexibility index (Phi) is 3.72. The molecule has 1 saturated carbocycles. The fourth-order valence-electron chi connectivity index (χ4n) is 1.78. The van der Waals surface area contributed by atoms with Gasteiger partial charge in [-0.15, -0.1) is 0 Å². The molecule has 18 heavy (non-hydrogen) atoms. The van der Waals surface area contributed by atoms with Crippen molar-refractivity contribution in [2.75, 3.05) is 7.05 Å². The first-order valence-corrected chi connectivity index (χ1v) is 6.01. The van der Waals surface area contributed by atoms with Gasteiger partial charge in [0.05, 0.1) is 12.3 Å². The van der Waals surface area contributed by atoms with Crippen molar-refractivity contribution < 1.29 is 14.7 Å². The molecule has 1 amide bonds. The highest BCUT2D eigenvalue weighted by atomic mass is 16.3. The predicted octanol–water partition coefficient (Wildman–Crippen LogP) is 0.916. The van der Waals surface area contributed by atoms with Crippen LogP contribution in [0.1, 0.15) is 45.8 Å². The van der Waals surface area contributed by atoms with E-state index in [0.29, 0.717) is 23.6 Å². The Morgan fingerprint density at radius 3 is 2.72 bits per heavy atom. The number of Topliss-reactive ketones (excluding diaryl/α,β-unsaturated/α-hetero) is 1. The van der Waals surface area contributed by atoms with Crippen molar-refractivity contribution in [1.82, 2.24) is 10.3 Å². The number of nitrogens with one attached hydrogen (secondary N) is 1. The Balaban J connectivity index is 2.27. The molecule has 0 saturated heterocycles. The Hall–Kier alpha value is -1.75. The molecule has 0 atom stereocenters. The molecule has 1 aromatic heterocycles. The van der Waals surface area contributed by atoms with E-state index in [-0.39, 0.29) is 24.0 Å². The van der Waals surface area contributed by atoms with Gasteiger partial charge in [-0.05, 0) is 30.9 Å². The summed E-state index contributed by atoms with van der Waals surface area (Å²) in [7, 11) is 1.50. The number of hydrogen-bond donors (Lipinski definition) is 2. The van der Waals surface area contributed by atoms with Crippen LogP contribution in [0.15, 0.2) is 12.1 Å². The standard InChI is InChI=1S/C13H16N2O3/c1-14-13(18)11-6-9(5-10(7-16)15-11)12(17)4-8-2-3-8/h5-6,8,16H,2-4,7H2,1H3,(H,14,18). The molecule has 0 aromatic carbocycles. The van der Waals surface area contributed by atoms with Gasteiger partial charge in [-0.25, -0.2) is 4.98 Å². The zero-order valence-electron chi connectivity index (χ0n) is 10.3. The summed E-state index contributed by atoms with van der Waals surface area (Å²) in [6, 6.07) is 3.04. The highest BCUT2D eigenvalue weighted by molar-refractivity contribution is 5.99. The largest absolute Gasteiger partial charge is 0.390 e. The number of aliphatic hydroxyl groups excluding tert-OH is 1. The van der Waals surface area contributed by atoms with Crippen molar-refractivity contribution in [3.8, 4) is 0 Å². The molecule has 96 valence electrons. The number of amides is 1. The third-order valence-corrected chi connectivity index (χ3v) is 2.99. The normalized spacial score (nSPS) is 14.3. The average Bonchev–Trinajstić information content (AvgIpc) is 3.20. The van der Waals surface area contributed by atoms with Gasteiger partial charge in [0.2, 0.25) is 0 Å². The van der Waals surface area contributed by atoms with Crippen molar-refractivity contribution in [2.24, 2.45) is 5.92 Å². The number of carbonyl (C=O) groups excluding carboxylic acids is 2. The number of aromatic nitrogens is 1. The summed E-state index contributed by atoms with van der Waals surface area (Å²) in [5.41, 5.74) is 0.970. The van der Waals surface area contributed by atoms with E-state index in [2.05, 4.69) is 10.3 Å². The average molecular weight is 248 g/mol. The van der Waals surface area contributed by atoms with Gasteiger partial charge in [0.25, 0.3) is 5.91 Å². The Morgan fingerprint density at radius 2 is 2.17 bits per heavy atom. The molecule has 0 unspecified atom stereocenters. The second-order valence-electron chi connectivity index (χ2n) is 4.54. The van der Waals surface area contributed by atoms with Gasteiger partial charge in [0.15, 0.2) is 5.78 Å². The van der Waals surface area contributed by atoms with Crippen LogP contribution in [0.3, 0.4) is 0 Å². The number of pyridine rings is 1. The van der Waals surface area contributed by atoms with E-state index >= 15 is 0 Å². The Morgan fingerprint density at radius 1 is 1.44 bits per heavy atom. The third-order valence-electron chi connectivity index (χ3n) is 2.99. The van der Waals surface area contributed by atoms with Crippen LogP contribution in [0.25, 0.3) is 0 Å². The number of nitrogens with zero attached hydrogens (tertiary/aromatic N) is 1. The molecule has 0 aliphatic heterocycles. The molecule has 1 heterocycles. The van der Waals surface area contributed by atoms with Gasteiger partial charge < -0.3 is 10.4 Å². The highest BCUT2D eigenvalue weighted by Gasteiger charge is 2.25. The minimum Gasteiger partial charge on any atom is -0.390 e. The Labute approximate surface area is 105 Å². The van der Waals surface area contributed by atoms with E-state index in [0.717, 1.165) is 12.8 Å². The van der Waals surface area contributed by atoms with E-state index in [4.69, 9.17) is 5.11 Å². The molecule has 0 radical (unpaired) electrons. The van der Waals surface area contributed by atoms with E-state index in [1.165, 1.54) is 13.1 Å². The maximum atomic E-state index is 12.0. The molecule has 2 rings (SSSR count). The summed E-state index contributed by atoms with van der Waals surface area (Å²) in [6.07, 6.45) is 2.72. The summed E-state index contributed by atoms with van der Waals surface area (Å²) in [4.78, 5) is 27.5. The molecule has 0 bridgehead atoms. The van der Waals surface area contributed by atoms with Crippen LogP contribution in [0.2, 0.25) is 0 Å². The first-order chi connectivity index (χ1) is 8.63. The highest BCUT2D eigenvalue weighted by Crippen LogP contribution is 2.33. The van der Waals surface area contributed by atoms with E-state index in [9.17, 15) is 9.59 Å². The predicted molar refractivity (Wildman–Crippen MR) is 65.2 cm³/mol. The fraction of sp³-hybridized carbons (Fsp3) is 0.462. The summed E-state index contributed by atoms with van der Waals surface area (Å²) in [6.45, 7) is -0.283. The first-order valence-electron chi connectivity index (χ1n) is 6.01. The lowest BCUT2D eigenvalue weighted by molar-refractivity contribution is 0.0957. The fourth-order valence-corrected chi connectivity index (χ4v) is 1.78. The molecule has 5 nitrogen and oxygen atoms in total. The van der Waals surface area contributed by atoms with Crippen molar-refractivity contribution in [3.63, 3.8) is 0 Å². The lowest BCUT2D eigenvalue weighted by Crippen LogP contribution is -2.20. The van der Waals surface area contributed by atoms with Crippen LogP contribution >= 0.6 is 0 Å². The first kappa shape index (κ1) is 12.7. The van der Waals surface area contributed by atoms with Crippen LogP contribution < -0.4 is 5.32 Å². The zero-order chi connectivity index (χ0) is 13.1. The summed E-state index contributed by atoms with van der Waals surface area (Å²) < 4.78 is 0. The maximum absolute atomic E-state index is 12.0. The second-order valence-corrected chi connectivity index (χ2v) is 4.54. The van der Waals surface area contributed by atoms with Gasteiger partial charge in [-0.2, -0.15) is 0 Å². The summed E-state index contributed by atoms with van der Waals surface area (Å²) in [5, 5.41) is 11.6. The number of carbonyl (C=O) groups is 2. The molecule has 1 fully saturated rings. The van der Waals surface area contributed by atoms with E-state index in [1.807, 2.05) is 0 Å². The summed E-state index contributed by atoms with van der Waals surface area (Å²) in [5.74, 6) is 0.150. The molecular weight excluding hydrogens is 232 g/mol. The van der Waals surface area contributed by atoms with Crippen molar-refractivity contribution in [1.29, 1.82) is 0 Å². The molecule has 0 spiro atoms. The SMILES string of the molecule is CNC(=O)c1cc(C(=O)CC2CC2)cc(CO)n1. The maximum Gasteiger partial charge on any atom is 0.269 e. The van der Waals surface area contributed by atoms with Gasteiger partial charge in [0.1, 0.15) is 5.69 Å². The third kappa shape index (κ3) is 2.92. The van der Waals surface area contributed by atoms with Gasteiger partial charge in [-0.1, -0.05) is 0 Å². The minimum absolute atomic E-state index is 0.0137. The van der Waals surface area contributed by atoms with E-state index < -0.39 is 0 Å². The topological polar surface area (TPSA) is 79.3 Å². The number of hydrogen-bond acceptors (Lipinski definition) is 4. The molecular formula is C13H16N2O3. The lowest BCUT2D eigenvalue weighted by Gasteiger charge is -2.06. The molecule has 1 aliphatic carbocycles. The summed E-state index contributed by atoms with van der Waals surface area (Å²) >= 11 is 0.